The first-order chi connectivity index (χ1) is 13.9. The Labute approximate surface area is 170 Å². The summed E-state index contributed by atoms with van der Waals surface area (Å²) in [4.78, 5) is 39.2. The van der Waals surface area contributed by atoms with Gasteiger partial charge in [0, 0.05) is 16.6 Å². The lowest BCUT2D eigenvalue weighted by Crippen LogP contribution is -2.21. The summed E-state index contributed by atoms with van der Waals surface area (Å²) < 4.78 is 5.00. The molecule has 1 heterocycles. The number of ether oxygens (including phenoxy) is 1. The fraction of sp³-hybridized carbons (Fsp3) is 0.100. The maximum Gasteiger partial charge on any atom is 0.338 e. The summed E-state index contributed by atoms with van der Waals surface area (Å²) in [5.74, 6) is -1.15. The van der Waals surface area contributed by atoms with E-state index >= 15 is 0 Å². The van der Waals surface area contributed by atoms with Gasteiger partial charge >= 0.3 is 12.0 Å². The Bertz CT molecular complexity index is 1030. The highest BCUT2D eigenvalue weighted by Gasteiger charge is 2.12. The van der Waals surface area contributed by atoms with Crippen LogP contribution in [0.2, 0.25) is 0 Å². The van der Waals surface area contributed by atoms with Crippen molar-refractivity contribution in [2.75, 3.05) is 17.2 Å². The van der Waals surface area contributed by atoms with Crippen LogP contribution in [-0.4, -0.2) is 29.5 Å². The first-order valence-electron chi connectivity index (χ1n) is 8.57. The Hall–Kier alpha value is -3.72. The number of urea groups is 1. The van der Waals surface area contributed by atoms with Crippen molar-refractivity contribution in [3.8, 4) is 11.3 Å². The van der Waals surface area contributed by atoms with Crippen molar-refractivity contribution < 1.29 is 19.1 Å². The van der Waals surface area contributed by atoms with Gasteiger partial charge in [0.25, 0.3) is 5.91 Å². The van der Waals surface area contributed by atoms with Gasteiger partial charge in [-0.15, -0.1) is 11.3 Å². The van der Waals surface area contributed by atoms with Crippen molar-refractivity contribution in [3.63, 3.8) is 0 Å². The average Bonchev–Trinajstić information content (AvgIpc) is 3.15. The van der Waals surface area contributed by atoms with Gasteiger partial charge in [-0.3, -0.25) is 10.1 Å². The van der Waals surface area contributed by atoms with Crippen LogP contribution in [0.15, 0.2) is 53.9 Å². The van der Waals surface area contributed by atoms with Crippen molar-refractivity contribution in [2.45, 2.75) is 6.92 Å². The van der Waals surface area contributed by atoms with Gasteiger partial charge in [0.15, 0.2) is 11.7 Å². The quantitative estimate of drug-likeness (QED) is 0.537. The summed E-state index contributed by atoms with van der Waals surface area (Å²) >= 11 is 1.29. The van der Waals surface area contributed by atoms with Crippen LogP contribution < -0.4 is 16.4 Å². The molecule has 29 heavy (non-hydrogen) atoms. The first-order valence-corrected chi connectivity index (χ1v) is 9.45. The number of aromatic nitrogens is 1. The molecule has 148 valence electrons. The molecule has 0 unspecified atom stereocenters. The molecular formula is C20H18N4O4S. The second-order valence-corrected chi connectivity index (χ2v) is 6.95. The number of anilines is 2. The van der Waals surface area contributed by atoms with Crippen molar-refractivity contribution in [2.24, 2.45) is 5.73 Å². The van der Waals surface area contributed by atoms with Gasteiger partial charge in [-0.25, -0.2) is 14.6 Å². The van der Waals surface area contributed by atoms with E-state index in [9.17, 15) is 14.4 Å². The number of nitrogens with two attached hydrogens (primary N) is 1. The number of rotatable bonds is 6. The third-order valence-electron chi connectivity index (χ3n) is 3.82. The van der Waals surface area contributed by atoms with E-state index < -0.39 is 24.5 Å². The summed E-state index contributed by atoms with van der Waals surface area (Å²) in [5, 5.41) is 7.25. The zero-order valence-corrected chi connectivity index (χ0v) is 16.3. The zero-order valence-electron chi connectivity index (χ0n) is 15.5. The highest BCUT2D eigenvalue weighted by atomic mass is 32.1. The lowest BCUT2D eigenvalue weighted by molar-refractivity contribution is -0.119. The summed E-state index contributed by atoms with van der Waals surface area (Å²) in [5.41, 5.74) is 8.56. The van der Waals surface area contributed by atoms with Crippen LogP contribution in [0, 0.1) is 6.92 Å². The Morgan fingerprint density at radius 2 is 1.72 bits per heavy atom. The van der Waals surface area contributed by atoms with E-state index in [0.717, 1.165) is 16.8 Å². The maximum atomic E-state index is 12.0. The number of primary amides is 1. The lowest BCUT2D eigenvalue weighted by Gasteiger charge is -2.06. The largest absolute Gasteiger partial charge is 0.452 e. The number of hydrogen-bond donors (Lipinski definition) is 3. The second kappa shape index (κ2) is 8.98. The van der Waals surface area contributed by atoms with Gasteiger partial charge in [0.1, 0.15) is 0 Å². The van der Waals surface area contributed by atoms with E-state index in [4.69, 9.17) is 10.5 Å². The molecule has 0 aliphatic carbocycles. The van der Waals surface area contributed by atoms with Crippen LogP contribution in [0.25, 0.3) is 11.3 Å². The number of amides is 3. The number of nitrogens with zero attached hydrogens (tertiary/aromatic N) is 1. The Kier molecular flexibility index (Phi) is 6.20. The molecule has 3 aromatic rings. The highest BCUT2D eigenvalue weighted by Crippen LogP contribution is 2.25. The Morgan fingerprint density at radius 3 is 2.38 bits per heavy atom. The molecule has 0 saturated carbocycles. The average molecular weight is 410 g/mol. The smallest absolute Gasteiger partial charge is 0.338 e. The predicted molar refractivity (Wildman–Crippen MR) is 111 cm³/mol. The number of carbonyl (C=O) groups excluding carboxylic acids is 3. The molecular weight excluding hydrogens is 392 g/mol. The molecule has 0 radical (unpaired) electrons. The Morgan fingerprint density at radius 1 is 1.03 bits per heavy atom. The van der Waals surface area contributed by atoms with Crippen LogP contribution in [0.4, 0.5) is 15.6 Å². The zero-order chi connectivity index (χ0) is 20.8. The molecule has 0 spiro atoms. The fourth-order valence-corrected chi connectivity index (χ4v) is 3.13. The van der Waals surface area contributed by atoms with Crippen LogP contribution in [0.5, 0.6) is 0 Å². The van der Waals surface area contributed by atoms with Crippen molar-refractivity contribution in [1.82, 2.24) is 4.98 Å². The molecule has 2 aromatic carbocycles. The van der Waals surface area contributed by atoms with Gasteiger partial charge in [0.05, 0.1) is 11.3 Å². The van der Waals surface area contributed by atoms with E-state index in [-0.39, 0.29) is 5.56 Å². The van der Waals surface area contributed by atoms with Crippen molar-refractivity contribution in [3.05, 3.63) is 65.0 Å². The van der Waals surface area contributed by atoms with E-state index in [1.807, 2.05) is 36.6 Å². The van der Waals surface area contributed by atoms with Crippen LogP contribution >= 0.6 is 11.3 Å². The van der Waals surface area contributed by atoms with Gasteiger partial charge < -0.3 is 15.8 Å². The molecule has 0 saturated heterocycles. The Balaban J connectivity index is 1.51. The first kappa shape index (κ1) is 20.0. The van der Waals surface area contributed by atoms with E-state index in [1.54, 1.807) is 0 Å². The van der Waals surface area contributed by atoms with Crippen molar-refractivity contribution >= 4 is 40.1 Å². The number of esters is 1. The molecule has 0 aliphatic heterocycles. The molecule has 0 aliphatic rings. The molecule has 0 bridgehead atoms. The molecule has 0 fully saturated rings. The van der Waals surface area contributed by atoms with Crippen molar-refractivity contribution in [1.29, 1.82) is 0 Å². The summed E-state index contributed by atoms with van der Waals surface area (Å²) in [6.07, 6.45) is 0. The minimum Gasteiger partial charge on any atom is -0.452 e. The second-order valence-electron chi connectivity index (χ2n) is 6.09. The van der Waals surface area contributed by atoms with E-state index in [0.29, 0.717) is 10.8 Å². The number of nitrogens with one attached hydrogen (secondary N) is 2. The van der Waals surface area contributed by atoms with Gasteiger partial charge in [-0.05, 0) is 31.2 Å². The molecule has 3 rings (SSSR count). The predicted octanol–water partition coefficient (Wildman–Crippen LogP) is 3.40. The van der Waals surface area contributed by atoms with Gasteiger partial charge in [0.2, 0.25) is 0 Å². The number of aryl methyl sites for hydroxylation is 1. The minimum absolute atomic E-state index is 0.240. The summed E-state index contributed by atoms with van der Waals surface area (Å²) in [6.45, 7) is 1.56. The monoisotopic (exact) mass is 410 g/mol. The normalized spacial score (nSPS) is 10.2. The summed E-state index contributed by atoms with van der Waals surface area (Å²) in [6, 6.07) is 13.1. The summed E-state index contributed by atoms with van der Waals surface area (Å²) in [7, 11) is 0. The molecule has 8 nitrogen and oxygen atoms in total. The number of carbonyl (C=O) groups is 3. The lowest BCUT2D eigenvalue weighted by atomic mass is 10.1. The number of benzene rings is 2. The van der Waals surface area contributed by atoms with Crippen LogP contribution in [0.3, 0.4) is 0 Å². The molecule has 4 N–H and O–H groups in total. The van der Waals surface area contributed by atoms with Gasteiger partial charge in [-0.1, -0.05) is 29.8 Å². The van der Waals surface area contributed by atoms with E-state index in [1.165, 1.54) is 35.6 Å². The van der Waals surface area contributed by atoms with Crippen LogP contribution in [0.1, 0.15) is 15.9 Å². The third kappa shape index (κ3) is 5.63. The molecule has 0 atom stereocenters. The third-order valence-corrected chi connectivity index (χ3v) is 4.58. The SMILES string of the molecule is Cc1ccc(-c2csc(NC(=O)COC(=O)c3ccc(NC(N)=O)cc3)n2)cc1. The fourth-order valence-electron chi connectivity index (χ4n) is 2.39. The molecule has 9 heteroatoms. The van der Waals surface area contributed by atoms with Gasteiger partial charge in [-0.2, -0.15) is 0 Å². The van der Waals surface area contributed by atoms with E-state index in [2.05, 4.69) is 15.6 Å². The number of hydrogen-bond acceptors (Lipinski definition) is 6. The van der Waals surface area contributed by atoms with Crippen LogP contribution in [-0.2, 0) is 9.53 Å². The number of thiazole rings is 1. The molecule has 1 aromatic heterocycles. The standard InChI is InChI=1S/C20H18N4O4S/c1-12-2-4-13(5-3-12)16-11-29-20(23-16)24-17(25)10-28-18(26)14-6-8-15(9-7-14)22-19(21)27/h2-9,11H,10H2,1H3,(H3,21,22,27)(H,23,24,25). The highest BCUT2D eigenvalue weighted by molar-refractivity contribution is 7.14. The topological polar surface area (TPSA) is 123 Å². The molecule has 3 amide bonds. The minimum atomic E-state index is -0.704. The maximum absolute atomic E-state index is 12.0.